The van der Waals surface area contributed by atoms with Gasteiger partial charge in [0.25, 0.3) is 0 Å². The Morgan fingerprint density at radius 3 is 2.95 bits per heavy atom. The van der Waals surface area contributed by atoms with E-state index < -0.39 is 0 Å². The topological polar surface area (TPSA) is 81.5 Å². The SMILES string of the molecule is CCC(C(N)=O)C1=Nc2ccc3c(c2C1)CC(N)CC3. The smallest absolute Gasteiger partial charge is 0.226 e. The molecule has 3 rings (SSSR count). The number of nitrogens with zero attached hydrogens (tertiary/aromatic N) is 1. The summed E-state index contributed by atoms with van der Waals surface area (Å²) in [5.74, 6) is -0.514. The summed E-state index contributed by atoms with van der Waals surface area (Å²) >= 11 is 0. The van der Waals surface area contributed by atoms with Crippen LogP contribution in [0.1, 0.15) is 36.5 Å². The second kappa shape index (κ2) is 5.02. The van der Waals surface area contributed by atoms with Crippen LogP contribution in [-0.4, -0.2) is 17.7 Å². The maximum Gasteiger partial charge on any atom is 0.226 e. The monoisotopic (exact) mass is 271 g/mol. The van der Waals surface area contributed by atoms with Gasteiger partial charge < -0.3 is 11.5 Å². The van der Waals surface area contributed by atoms with Gasteiger partial charge in [-0.2, -0.15) is 0 Å². The van der Waals surface area contributed by atoms with E-state index in [9.17, 15) is 4.79 Å². The highest BCUT2D eigenvalue weighted by atomic mass is 16.1. The summed E-state index contributed by atoms with van der Waals surface area (Å²) in [6, 6.07) is 4.49. The zero-order valence-electron chi connectivity index (χ0n) is 11.9. The fourth-order valence-electron chi connectivity index (χ4n) is 3.40. The lowest BCUT2D eigenvalue weighted by Crippen LogP contribution is -2.31. The average Bonchev–Trinajstić information content (AvgIpc) is 2.83. The molecule has 0 bridgehead atoms. The third kappa shape index (κ3) is 2.14. The summed E-state index contributed by atoms with van der Waals surface area (Å²) in [4.78, 5) is 16.2. The molecule has 0 fully saturated rings. The molecule has 1 amide bonds. The molecule has 1 aliphatic carbocycles. The van der Waals surface area contributed by atoms with Gasteiger partial charge in [-0.05, 0) is 48.4 Å². The van der Waals surface area contributed by atoms with Gasteiger partial charge in [0, 0.05) is 18.2 Å². The second-order valence-corrected chi connectivity index (χ2v) is 5.85. The molecule has 0 saturated carbocycles. The predicted octanol–water partition coefficient (Wildman–Crippen LogP) is 1.64. The van der Waals surface area contributed by atoms with E-state index in [1.54, 1.807) is 0 Å². The number of amides is 1. The molecule has 0 spiro atoms. The van der Waals surface area contributed by atoms with Crippen molar-refractivity contribution >= 4 is 17.3 Å². The van der Waals surface area contributed by atoms with Gasteiger partial charge in [0.2, 0.25) is 5.91 Å². The van der Waals surface area contributed by atoms with Crippen molar-refractivity contribution < 1.29 is 4.79 Å². The number of hydrogen-bond donors (Lipinski definition) is 2. The summed E-state index contributed by atoms with van der Waals surface area (Å²) < 4.78 is 0. The Balaban J connectivity index is 1.95. The molecule has 0 saturated heterocycles. The minimum absolute atomic E-state index is 0.240. The quantitative estimate of drug-likeness (QED) is 0.876. The molecule has 4 nitrogen and oxygen atoms in total. The molecule has 1 aromatic rings. The minimum atomic E-state index is -0.273. The van der Waals surface area contributed by atoms with Crippen molar-refractivity contribution in [3.8, 4) is 0 Å². The van der Waals surface area contributed by atoms with Gasteiger partial charge in [-0.3, -0.25) is 9.79 Å². The molecule has 0 radical (unpaired) electrons. The number of carbonyl (C=O) groups excluding carboxylic acids is 1. The van der Waals surface area contributed by atoms with Crippen molar-refractivity contribution in [1.29, 1.82) is 0 Å². The largest absolute Gasteiger partial charge is 0.369 e. The van der Waals surface area contributed by atoms with E-state index in [0.717, 1.165) is 37.1 Å². The Bertz CT molecular complexity index is 592. The van der Waals surface area contributed by atoms with E-state index in [1.165, 1.54) is 16.7 Å². The van der Waals surface area contributed by atoms with Gasteiger partial charge in [-0.25, -0.2) is 0 Å². The molecule has 1 aliphatic heterocycles. The lowest BCUT2D eigenvalue weighted by atomic mass is 9.83. The van der Waals surface area contributed by atoms with E-state index in [-0.39, 0.29) is 17.9 Å². The molecule has 2 unspecified atom stereocenters. The van der Waals surface area contributed by atoms with Crippen LogP contribution in [0.2, 0.25) is 0 Å². The van der Waals surface area contributed by atoms with Crippen LogP contribution in [0, 0.1) is 5.92 Å². The number of benzene rings is 1. The summed E-state index contributed by atoms with van der Waals surface area (Å²) in [6.45, 7) is 1.98. The van der Waals surface area contributed by atoms with Crippen molar-refractivity contribution in [2.24, 2.45) is 22.4 Å². The van der Waals surface area contributed by atoms with Crippen LogP contribution >= 0.6 is 0 Å². The van der Waals surface area contributed by atoms with Gasteiger partial charge in [-0.15, -0.1) is 0 Å². The van der Waals surface area contributed by atoms with Gasteiger partial charge in [0.15, 0.2) is 0 Å². The fourth-order valence-corrected chi connectivity index (χ4v) is 3.40. The Morgan fingerprint density at radius 2 is 2.25 bits per heavy atom. The van der Waals surface area contributed by atoms with E-state index >= 15 is 0 Å². The first kappa shape index (κ1) is 13.3. The van der Waals surface area contributed by atoms with Crippen molar-refractivity contribution in [3.63, 3.8) is 0 Å². The van der Waals surface area contributed by atoms with E-state index in [0.29, 0.717) is 6.42 Å². The van der Waals surface area contributed by atoms with Crippen LogP contribution in [0.3, 0.4) is 0 Å². The summed E-state index contributed by atoms with van der Waals surface area (Å²) in [5.41, 5.74) is 17.5. The molecular weight excluding hydrogens is 250 g/mol. The minimum Gasteiger partial charge on any atom is -0.369 e. The zero-order valence-corrected chi connectivity index (χ0v) is 11.9. The van der Waals surface area contributed by atoms with Crippen LogP contribution in [-0.2, 0) is 24.1 Å². The van der Waals surface area contributed by atoms with Crippen molar-refractivity contribution in [2.75, 3.05) is 0 Å². The van der Waals surface area contributed by atoms with E-state index in [1.807, 2.05) is 6.92 Å². The number of fused-ring (bicyclic) bond motifs is 3. The van der Waals surface area contributed by atoms with Crippen LogP contribution in [0.25, 0.3) is 0 Å². The molecule has 1 heterocycles. The van der Waals surface area contributed by atoms with Crippen LogP contribution < -0.4 is 11.5 Å². The van der Waals surface area contributed by atoms with E-state index in [2.05, 4.69) is 17.1 Å². The van der Waals surface area contributed by atoms with Gasteiger partial charge in [-0.1, -0.05) is 13.0 Å². The first-order valence-electron chi connectivity index (χ1n) is 7.36. The lowest BCUT2D eigenvalue weighted by Gasteiger charge is -2.23. The van der Waals surface area contributed by atoms with E-state index in [4.69, 9.17) is 11.5 Å². The van der Waals surface area contributed by atoms with Gasteiger partial charge in [0.1, 0.15) is 0 Å². The number of hydrogen-bond acceptors (Lipinski definition) is 3. The molecule has 4 N–H and O–H groups in total. The molecule has 1 aromatic carbocycles. The molecule has 106 valence electrons. The second-order valence-electron chi connectivity index (χ2n) is 5.85. The maximum absolute atomic E-state index is 11.5. The fraction of sp³-hybridized carbons (Fsp3) is 0.500. The molecule has 20 heavy (non-hydrogen) atoms. The number of aliphatic imine (C=N–C) groups is 1. The third-order valence-corrected chi connectivity index (χ3v) is 4.53. The van der Waals surface area contributed by atoms with Gasteiger partial charge in [0.05, 0.1) is 11.6 Å². The molecule has 2 atom stereocenters. The third-order valence-electron chi connectivity index (χ3n) is 4.53. The molecule has 2 aliphatic rings. The number of carbonyl (C=O) groups is 1. The Hall–Kier alpha value is -1.68. The summed E-state index contributed by atoms with van der Waals surface area (Å²) in [6.07, 6.45) is 4.50. The lowest BCUT2D eigenvalue weighted by molar-refractivity contribution is -0.119. The number of rotatable bonds is 3. The Morgan fingerprint density at radius 1 is 1.45 bits per heavy atom. The highest BCUT2D eigenvalue weighted by Crippen LogP contribution is 2.36. The van der Waals surface area contributed by atoms with Crippen LogP contribution in [0.15, 0.2) is 17.1 Å². The Labute approximate surface area is 119 Å². The molecule has 4 heteroatoms. The zero-order chi connectivity index (χ0) is 14.3. The number of primary amides is 1. The van der Waals surface area contributed by atoms with Crippen molar-refractivity contribution in [1.82, 2.24) is 0 Å². The molecule has 0 aromatic heterocycles. The number of nitrogens with two attached hydrogens (primary N) is 2. The molecular formula is C16H21N3O. The van der Waals surface area contributed by atoms with Crippen LogP contribution in [0.4, 0.5) is 5.69 Å². The maximum atomic E-state index is 11.5. The van der Waals surface area contributed by atoms with Gasteiger partial charge >= 0.3 is 0 Å². The Kier molecular flexibility index (Phi) is 3.34. The highest BCUT2D eigenvalue weighted by molar-refractivity contribution is 6.08. The van der Waals surface area contributed by atoms with Crippen molar-refractivity contribution in [3.05, 3.63) is 28.8 Å². The normalized spacial score (nSPS) is 21.9. The standard InChI is InChI=1S/C16H21N3O/c1-2-11(16(18)20)15-8-13-12-7-10(17)5-3-9(12)4-6-14(13)19-15/h4,6,10-11H,2-3,5,7-8,17H2,1H3,(H2,18,20). The summed E-state index contributed by atoms with van der Waals surface area (Å²) in [7, 11) is 0. The number of aryl methyl sites for hydroxylation is 1. The first-order valence-corrected chi connectivity index (χ1v) is 7.36. The predicted molar refractivity (Wildman–Crippen MR) is 80.2 cm³/mol. The van der Waals surface area contributed by atoms with Crippen molar-refractivity contribution in [2.45, 2.75) is 45.1 Å². The van der Waals surface area contributed by atoms with Crippen LogP contribution in [0.5, 0.6) is 0 Å². The first-order chi connectivity index (χ1) is 9.60. The summed E-state index contributed by atoms with van der Waals surface area (Å²) in [5, 5.41) is 0. The average molecular weight is 271 g/mol. The highest BCUT2D eigenvalue weighted by Gasteiger charge is 2.29.